The topological polar surface area (TPSA) is 55.9 Å². The summed E-state index contributed by atoms with van der Waals surface area (Å²) in [5.74, 6) is 0. The molecule has 0 saturated carbocycles. The second-order valence-electron chi connectivity index (χ2n) is 5.82. The van der Waals surface area contributed by atoms with Crippen molar-refractivity contribution in [3.05, 3.63) is 35.9 Å². The highest BCUT2D eigenvalue weighted by Crippen LogP contribution is 2.14. The zero-order chi connectivity index (χ0) is 15.4. The Balaban J connectivity index is 1.54. The average molecular weight is 324 g/mol. The van der Waals surface area contributed by atoms with Crippen LogP contribution < -0.4 is 5.32 Å². The predicted molar refractivity (Wildman–Crippen MR) is 86.7 cm³/mol. The first-order valence-corrected chi connectivity index (χ1v) is 9.28. The molecule has 1 aromatic rings. The summed E-state index contributed by atoms with van der Waals surface area (Å²) in [5, 5.41) is 3.19. The lowest BCUT2D eigenvalue weighted by atomic mass is 10.2. The molecule has 2 fully saturated rings. The van der Waals surface area contributed by atoms with Gasteiger partial charge in [-0.05, 0) is 5.56 Å². The SMILES string of the molecule is O=S(=O)(N1CCNCC1)N1CCN(Cc2ccccc2)CC1. The molecule has 2 heterocycles. The van der Waals surface area contributed by atoms with Crippen molar-refractivity contribution in [2.75, 3.05) is 52.4 Å². The summed E-state index contributed by atoms with van der Waals surface area (Å²) in [7, 11) is -3.28. The van der Waals surface area contributed by atoms with Crippen LogP contribution in [0.15, 0.2) is 30.3 Å². The van der Waals surface area contributed by atoms with Gasteiger partial charge >= 0.3 is 0 Å². The van der Waals surface area contributed by atoms with Gasteiger partial charge in [-0.1, -0.05) is 30.3 Å². The minimum absolute atomic E-state index is 0.576. The summed E-state index contributed by atoms with van der Waals surface area (Å²) < 4.78 is 28.5. The Hall–Kier alpha value is -0.990. The van der Waals surface area contributed by atoms with E-state index < -0.39 is 10.2 Å². The van der Waals surface area contributed by atoms with Gasteiger partial charge in [-0.3, -0.25) is 4.90 Å². The van der Waals surface area contributed by atoms with Crippen LogP contribution in [0, 0.1) is 0 Å². The largest absolute Gasteiger partial charge is 0.314 e. The first-order valence-electron chi connectivity index (χ1n) is 7.88. The van der Waals surface area contributed by atoms with Gasteiger partial charge in [0.2, 0.25) is 0 Å². The van der Waals surface area contributed by atoms with Crippen LogP contribution in [0.3, 0.4) is 0 Å². The van der Waals surface area contributed by atoms with E-state index in [0.29, 0.717) is 26.2 Å². The van der Waals surface area contributed by atoms with E-state index in [0.717, 1.165) is 32.7 Å². The van der Waals surface area contributed by atoms with Gasteiger partial charge in [0.25, 0.3) is 10.2 Å². The first kappa shape index (κ1) is 15.9. The van der Waals surface area contributed by atoms with Gasteiger partial charge in [-0.2, -0.15) is 17.0 Å². The maximum atomic E-state index is 12.6. The molecule has 22 heavy (non-hydrogen) atoms. The summed E-state index contributed by atoms with van der Waals surface area (Å²) in [6, 6.07) is 10.3. The monoisotopic (exact) mass is 324 g/mol. The Kier molecular flexibility index (Phi) is 5.10. The number of nitrogens with zero attached hydrogens (tertiary/aromatic N) is 3. The van der Waals surface area contributed by atoms with E-state index in [-0.39, 0.29) is 0 Å². The van der Waals surface area contributed by atoms with Crippen LogP contribution >= 0.6 is 0 Å². The van der Waals surface area contributed by atoms with Crippen LogP contribution in [-0.2, 0) is 16.8 Å². The van der Waals surface area contributed by atoms with E-state index in [2.05, 4.69) is 22.3 Å². The number of piperazine rings is 2. The first-order chi connectivity index (χ1) is 10.7. The van der Waals surface area contributed by atoms with Gasteiger partial charge in [0.15, 0.2) is 0 Å². The average Bonchev–Trinajstić information content (AvgIpc) is 2.57. The predicted octanol–water partition coefficient (Wildman–Crippen LogP) is -0.0458. The van der Waals surface area contributed by atoms with Gasteiger partial charge in [-0.25, -0.2) is 0 Å². The molecule has 1 aromatic carbocycles. The molecular weight excluding hydrogens is 300 g/mol. The molecule has 0 bridgehead atoms. The Bertz CT molecular complexity index is 564. The maximum Gasteiger partial charge on any atom is 0.282 e. The van der Waals surface area contributed by atoms with Crippen LogP contribution in [0.25, 0.3) is 0 Å². The fourth-order valence-electron chi connectivity index (χ4n) is 3.00. The van der Waals surface area contributed by atoms with E-state index in [4.69, 9.17) is 0 Å². The van der Waals surface area contributed by atoms with E-state index in [1.807, 2.05) is 18.2 Å². The van der Waals surface area contributed by atoms with Crippen molar-refractivity contribution in [1.29, 1.82) is 0 Å². The van der Waals surface area contributed by atoms with Crippen molar-refractivity contribution < 1.29 is 8.42 Å². The molecular formula is C15H24N4O2S. The molecule has 0 spiro atoms. The molecule has 0 aromatic heterocycles. The van der Waals surface area contributed by atoms with Crippen molar-refractivity contribution in [2.24, 2.45) is 0 Å². The molecule has 122 valence electrons. The summed E-state index contributed by atoms with van der Waals surface area (Å²) in [6.07, 6.45) is 0. The molecule has 7 heteroatoms. The van der Waals surface area contributed by atoms with Crippen LogP contribution in [0.4, 0.5) is 0 Å². The zero-order valence-electron chi connectivity index (χ0n) is 12.8. The Morgan fingerprint density at radius 1 is 0.864 bits per heavy atom. The summed E-state index contributed by atoms with van der Waals surface area (Å²) in [5.41, 5.74) is 1.28. The summed E-state index contributed by atoms with van der Waals surface area (Å²) in [6.45, 7) is 6.28. The smallest absolute Gasteiger partial charge is 0.282 e. The highest BCUT2D eigenvalue weighted by molar-refractivity contribution is 7.86. The number of rotatable bonds is 4. The van der Waals surface area contributed by atoms with Gasteiger partial charge in [0, 0.05) is 58.9 Å². The Morgan fingerprint density at radius 3 is 2.09 bits per heavy atom. The molecule has 3 rings (SSSR count). The van der Waals surface area contributed by atoms with Crippen molar-refractivity contribution in [3.63, 3.8) is 0 Å². The van der Waals surface area contributed by atoms with Gasteiger partial charge in [0.05, 0.1) is 0 Å². The Labute approximate surface area is 132 Å². The number of benzene rings is 1. The lowest BCUT2D eigenvalue weighted by Gasteiger charge is -2.37. The van der Waals surface area contributed by atoms with Gasteiger partial charge in [0.1, 0.15) is 0 Å². The van der Waals surface area contributed by atoms with Crippen molar-refractivity contribution >= 4 is 10.2 Å². The van der Waals surface area contributed by atoms with Crippen LogP contribution in [0.2, 0.25) is 0 Å². The van der Waals surface area contributed by atoms with Crippen molar-refractivity contribution in [3.8, 4) is 0 Å². The van der Waals surface area contributed by atoms with Crippen molar-refractivity contribution in [2.45, 2.75) is 6.54 Å². The standard InChI is InChI=1S/C15H24N4O2S/c20-22(21,18-8-6-16-7-9-18)19-12-10-17(11-13-19)14-15-4-2-1-3-5-15/h1-5,16H,6-14H2. The minimum atomic E-state index is -3.28. The molecule has 0 aliphatic carbocycles. The fourth-order valence-corrected chi connectivity index (χ4v) is 4.59. The van der Waals surface area contributed by atoms with E-state index >= 15 is 0 Å². The third-order valence-electron chi connectivity index (χ3n) is 4.31. The third-order valence-corrected chi connectivity index (χ3v) is 6.34. The quantitative estimate of drug-likeness (QED) is 0.844. The van der Waals surface area contributed by atoms with Crippen LogP contribution in [-0.4, -0.2) is 74.3 Å². The Morgan fingerprint density at radius 2 is 1.45 bits per heavy atom. The van der Waals surface area contributed by atoms with Gasteiger partial charge in [-0.15, -0.1) is 0 Å². The molecule has 2 aliphatic rings. The molecule has 6 nitrogen and oxygen atoms in total. The zero-order valence-corrected chi connectivity index (χ0v) is 13.6. The molecule has 0 amide bonds. The fraction of sp³-hybridized carbons (Fsp3) is 0.600. The van der Waals surface area contributed by atoms with E-state index in [1.165, 1.54) is 5.56 Å². The number of hydrogen-bond donors (Lipinski definition) is 1. The molecule has 2 saturated heterocycles. The lowest BCUT2D eigenvalue weighted by Crippen LogP contribution is -2.56. The normalized spacial score (nSPS) is 22.7. The number of nitrogens with one attached hydrogen (secondary N) is 1. The molecule has 1 N–H and O–H groups in total. The lowest BCUT2D eigenvalue weighted by molar-refractivity contribution is 0.173. The van der Waals surface area contributed by atoms with Gasteiger partial charge < -0.3 is 5.32 Å². The highest BCUT2D eigenvalue weighted by atomic mass is 32.2. The third kappa shape index (κ3) is 3.67. The molecule has 0 radical (unpaired) electrons. The van der Waals surface area contributed by atoms with Crippen LogP contribution in [0.5, 0.6) is 0 Å². The second kappa shape index (κ2) is 7.06. The minimum Gasteiger partial charge on any atom is -0.314 e. The molecule has 2 aliphatic heterocycles. The number of hydrogen-bond acceptors (Lipinski definition) is 4. The highest BCUT2D eigenvalue weighted by Gasteiger charge is 2.32. The van der Waals surface area contributed by atoms with Crippen LogP contribution in [0.1, 0.15) is 5.56 Å². The van der Waals surface area contributed by atoms with E-state index in [9.17, 15) is 8.42 Å². The van der Waals surface area contributed by atoms with E-state index in [1.54, 1.807) is 8.61 Å². The second-order valence-corrected chi connectivity index (χ2v) is 7.75. The maximum absolute atomic E-state index is 12.6. The summed E-state index contributed by atoms with van der Waals surface area (Å²) in [4.78, 5) is 2.32. The van der Waals surface area contributed by atoms with Crippen molar-refractivity contribution in [1.82, 2.24) is 18.8 Å². The molecule has 0 unspecified atom stereocenters. The summed E-state index contributed by atoms with van der Waals surface area (Å²) >= 11 is 0. The molecule has 0 atom stereocenters.